The molecule has 1 N–H and O–H groups in total. The van der Waals surface area contributed by atoms with Crippen LogP contribution >= 0.6 is 11.6 Å². The smallest absolute Gasteiger partial charge is 0.211 e. The predicted octanol–water partition coefficient (Wildman–Crippen LogP) is 3.93. The van der Waals surface area contributed by atoms with E-state index in [1.807, 2.05) is 0 Å². The summed E-state index contributed by atoms with van der Waals surface area (Å²) < 4.78 is 0. The summed E-state index contributed by atoms with van der Waals surface area (Å²) in [6.07, 6.45) is 3.34. The number of halogens is 1. The Hall–Kier alpha value is -1.61. The molecule has 1 aromatic rings. The van der Waals surface area contributed by atoms with Crippen molar-refractivity contribution in [3.05, 3.63) is 46.1 Å². The second-order valence-corrected chi connectivity index (χ2v) is 6.79. The van der Waals surface area contributed by atoms with Crippen LogP contribution in [-0.4, -0.2) is 17.6 Å². The molecule has 0 saturated heterocycles. The van der Waals surface area contributed by atoms with Gasteiger partial charge in [0.2, 0.25) is 11.6 Å². The van der Waals surface area contributed by atoms with Crippen LogP contribution in [0.1, 0.15) is 53.8 Å². The van der Waals surface area contributed by atoms with Crippen LogP contribution in [0.3, 0.4) is 0 Å². The third kappa shape index (κ3) is 2.48. The van der Waals surface area contributed by atoms with Gasteiger partial charge in [-0.05, 0) is 18.3 Å². The number of hydrogen-bond acceptors (Lipinski definition) is 3. The van der Waals surface area contributed by atoms with Gasteiger partial charge in [0.25, 0.3) is 0 Å². The van der Waals surface area contributed by atoms with E-state index in [1.165, 1.54) is 6.42 Å². The Bertz CT molecular complexity index is 665. The summed E-state index contributed by atoms with van der Waals surface area (Å²) in [5, 5.41) is 3.31. The minimum Gasteiger partial charge on any atom is -0.378 e. The molecule has 116 valence electrons. The molecule has 3 atom stereocenters. The van der Waals surface area contributed by atoms with Gasteiger partial charge in [0.05, 0.1) is 0 Å². The predicted molar refractivity (Wildman–Crippen MR) is 87.1 cm³/mol. The molecule has 2 aliphatic rings. The van der Waals surface area contributed by atoms with Crippen LogP contribution in [-0.2, 0) is 0 Å². The molecule has 1 aromatic carbocycles. The normalized spacial score (nSPS) is 28.6. The third-order valence-electron chi connectivity index (χ3n) is 5.10. The van der Waals surface area contributed by atoms with Crippen molar-refractivity contribution >= 4 is 23.2 Å². The van der Waals surface area contributed by atoms with Crippen LogP contribution in [0, 0.1) is 11.8 Å². The SMILES string of the molecule is C[C@@H]1[C@@H](C)CCC[C@H]1NC1=C(Cl)C(=O)c2ccccc2C1=O. The lowest BCUT2D eigenvalue weighted by atomic mass is 9.77. The summed E-state index contributed by atoms with van der Waals surface area (Å²) in [5.74, 6) is 0.611. The number of allylic oxidation sites excluding steroid dienone is 2. The standard InChI is InChI=1S/C18H20ClNO2/c1-10-6-5-9-14(11(10)2)20-16-15(19)17(21)12-7-3-4-8-13(12)18(16)22/h3-4,7-8,10-11,14,20H,5-6,9H2,1-2H3/t10-,11+,14+/m0/s1. The fourth-order valence-electron chi connectivity index (χ4n) is 3.45. The maximum Gasteiger partial charge on any atom is 0.211 e. The van der Waals surface area contributed by atoms with Crippen LogP contribution < -0.4 is 5.32 Å². The van der Waals surface area contributed by atoms with Gasteiger partial charge in [0.1, 0.15) is 10.7 Å². The molecular formula is C18H20ClNO2. The van der Waals surface area contributed by atoms with Crippen LogP contribution in [0.2, 0.25) is 0 Å². The minimum absolute atomic E-state index is 0.0223. The molecule has 4 heteroatoms. The lowest BCUT2D eigenvalue weighted by molar-refractivity contribution is 0.0966. The Balaban J connectivity index is 1.92. The third-order valence-corrected chi connectivity index (χ3v) is 5.46. The Labute approximate surface area is 135 Å². The molecule has 0 unspecified atom stereocenters. The lowest BCUT2D eigenvalue weighted by Gasteiger charge is -2.36. The molecule has 0 radical (unpaired) electrons. The van der Waals surface area contributed by atoms with Crippen LogP contribution in [0.25, 0.3) is 0 Å². The number of carbonyl (C=O) groups is 2. The van der Waals surface area contributed by atoms with E-state index in [0.29, 0.717) is 23.0 Å². The number of fused-ring (bicyclic) bond motifs is 1. The van der Waals surface area contributed by atoms with Crippen molar-refractivity contribution in [2.45, 2.75) is 39.2 Å². The zero-order valence-corrected chi connectivity index (χ0v) is 13.6. The van der Waals surface area contributed by atoms with E-state index in [4.69, 9.17) is 11.6 Å². The van der Waals surface area contributed by atoms with Crippen molar-refractivity contribution in [1.29, 1.82) is 0 Å². The fourth-order valence-corrected chi connectivity index (χ4v) is 3.69. The van der Waals surface area contributed by atoms with Crippen molar-refractivity contribution in [3.63, 3.8) is 0 Å². The molecule has 0 amide bonds. The maximum atomic E-state index is 12.7. The zero-order valence-electron chi connectivity index (χ0n) is 12.9. The molecule has 0 bridgehead atoms. The molecular weight excluding hydrogens is 298 g/mol. The number of carbonyl (C=O) groups excluding carboxylic acids is 2. The van der Waals surface area contributed by atoms with Crippen molar-refractivity contribution in [2.75, 3.05) is 0 Å². The van der Waals surface area contributed by atoms with E-state index in [-0.39, 0.29) is 28.3 Å². The maximum absolute atomic E-state index is 12.7. The molecule has 0 spiro atoms. The number of benzene rings is 1. The van der Waals surface area contributed by atoms with Crippen LogP contribution in [0.5, 0.6) is 0 Å². The number of rotatable bonds is 2. The molecule has 1 saturated carbocycles. The average molecular weight is 318 g/mol. The lowest BCUT2D eigenvalue weighted by Crippen LogP contribution is -2.43. The van der Waals surface area contributed by atoms with Gasteiger partial charge < -0.3 is 5.32 Å². The topological polar surface area (TPSA) is 46.2 Å². The van der Waals surface area contributed by atoms with E-state index in [9.17, 15) is 9.59 Å². The van der Waals surface area contributed by atoms with Gasteiger partial charge in [-0.15, -0.1) is 0 Å². The second-order valence-electron chi connectivity index (χ2n) is 6.41. The van der Waals surface area contributed by atoms with E-state index in [0.717, 1.165) is 12.8 Å². The number of ketones is 2. The Morgan fingerprint density at radius 2 is 1.68 bits per heavy atom. The molecule has 2 aliphatic carbocycles. The summed E-state index contributed by atoms with van der Waals surface area (Å²) in [5.41, 5.74) is 1.11. The molecule has 22 heavy (non-hydrogen) atoms. The van der Waals surface area contributed by atoms with Crippen LogP contribution in [0.4, 0.5) is 0 Å². The molecule has 0 heterocycles. The van der Waals surface area contributed by atoms with Crippen molar-refractivity contribution < 1.29 is 9.59 Å². The van der Waals surface area contributed by atoms with E-state index < -0.39 is 0 Å². The van der Waals surface area contributed by atoms with Gasteiger partial charge in [0.15, 0.2) is 0 Å². The van der Waals surface area contributed by atoms with Gasteiger partial charge in [0, 0.05) is 17.2 Å². The van der Waals surface area contributed by atoms with Gasteiger partial charge in [-0.3, -0.25) is 9.59 Å². The molecule has 0 aliphatic heterocycles. The zero-order chi connectivity index (χ0) is 15.9. The fraction of sp³-hybridized carbons (Fsp3) is 0.444. The van der Waals surface area contributed by atoms with E-state index >= 15 is 0 Å². The highest BCUT2D eigenvalue weighted by Crippen LogP contribution is 2.33. The van der Waals surface area contributed by atoms with Gasteiger partial charge in [-0.25, -0.2) is 0 Å². The monoisotopic (exact) mass is 317 g/mol. The average Bonchev–Trinajstić information content (AvgIpc) is 2.53. The highest BCUT2D eigenvalue weighted by atomic mass is 35.5. The summed E-state index contributed by atoms with van der Waals surface area (Å²) in [4.78, 5) is 25.1. The molecule has 3 rings (SSSR count). The summed E-state index contributed by atoms with van der Waals surface area (Å²) in [6, 6.07) is 7.05. The highest BCUT2D eigenvalue weighted by molar-refractivity contribution is 6.49. The first-order valence-electron chi connectivity index (χ1n) is 7.85. The van der Waals surface area contributed by atoms with Gasteiger partial charge in [-0.1, -0.05) is 62.6 Å². The van der Waals surface area contributed by atoms with E-state index in [1.54, 1.807) is 24.3 Å². The number of nitrogens with one attached hydrogen (secondary N) is 1. The van der Waals surface area contributed by atoms with Crippen molar-refractivity contribution in [2.24, 2.45) is 11.8 Å². The summed E-state index contributed by atoms with van der Waals surface area (Å²) >= 11 is 6.21. The first kappa shape index (κ1) is 15.3. The number of Topliss-reactive ketones (excluding diaryl/α,β-unsaturated/α-hetero) is 2. The molecule has 1 fully saturated rings. The quantitative estimate of drug-likeness (QED) is 0.899. The van der Waals surface area contributed by atoms with Crippen LogP contribution in [0.15, 0.2) is 35.0 Å². The highest BCUT2D eigenvalue weighted by Gasteiger charge is 2.34. The minimum atomic E-state index is -0.268. The van der Waals surface area contributed by atoms with Gasteiger partial charge in [-0.2, -0.15) is 0 Å². The summed E-state index contributed by atoms with van der Waals surface area (Å²) in [7, 11) is 0. The number of hydrogen-bond donors (Lipinski definition) is 1. The molecule has 3 nitrogen and oxygen atoms in total. The summed E-state index contributed by atoms with van der Waals surface area (Å²) in [6.45, 7) is 4.43. The van der Waals surface area contributed by atoms with E-state index in [2.05, 4.69) is 19.2 Å². The second kappa shape index (κ2) is 5.88. The molecule has 0 aromatic heterocycles. The van der Waals surface area contributed by atoms with Crippen molar-refractivity contribution in [1.82, 2.24) is 5.32 Å². The Morgan fingerprint density at radius 1 is 1.05 bits per heavy atom. The first-order chi connectivity index (χ1) is 10.5. The Morgan fingerprint density at radius 3 is 2.36 bits per heavy atom. The van der Waals surface area contributed by atoms with Crippen molar-refractivity contribution in [3.8, 4) is 0 Å². The first-order valence-corrected chi connectivity index (χ1v) is 8.23. The largest absolute Gasteiger partial charge is 0.378 e. The van der Waals surface area contributed by atoms with Gasteiger partial charge >= 0.3 is 0 Å². The Kier molecular flexibility index (Phi) is 4.09.